The third-order valence-electron chi connectivity index (χ3n) is 5.96. The van der Waals surface area contributed by atoms with Crippen molar-refractivity contribution in [2.75, 3.05) is 6.54 Å². The van der Waals surface area contributed by atoms with Gasteiger partial charge in [0.25, 0.3) is 5.91 Å². The van der Waals surface area contributed by atoms with Gasteiger partial charge in [0.05, 0.1) is 0 Å². The Balaban J connectivity index is 1.48. The fourth-order valence-corrected chi connectivity index (χ4v) is 4.39. The first-order valence-electron chi connectivity index (χ1n) is 9.77. The van der Waals surface area contributed by atoms with Crippen LogP contribution in [0.15, 0.2) is 18.2 Å². The molecular weight excluding hydrogens is 344 g/mol. The number of rotatable bonds is 5. The standard InChI is InChI=1S/C20H26N4O3/c1-12(15-6-3-9-21-15)22-10-13-4-2-5-14-11-24(20(27)18(13)14)16-7-8-17(25)23-19(16)26/h2,4-5,12,15-16,21-22H,3,6-11H2,1H3,(H,23,25,26)/t12-,15-,16?/m0/s1. The van der Waals surface area contributed by atoms with Crippen molar-refractivity contribution in [2.24, 2.45) is 0 Å². The van der Waals surface area contributed by atoms with E-state index in [2.05, 4.69) is 22.9 Å². The number of nitrogens with zero attached hydrogens (tertiary/aromatic N) is 1. The van der Waals surface area contributed by atoms with Gasteiger partial charge < -0.3 is 15.5 Å². The monoisotopic (exact) mass is 370 g/mol. The summed E-state index contributed by atoms with van der Waals surface area (Å²) in [5, 5.41) is 9.39. The third-order valence-corrected chi connectivity index (χ3v) is 5.96. The van der Waals surface area contributed by atoms with E-state index in [1.54, 1.807) is 4.90 Å². The summed E-state index contributed by atoms with van der Waals surface area (Å²) < 4.78 is 0. The minimum atomic E-state index is -0.565. The lowest BCUT2D eigenvalue weighted by molar-refractivity contribution is -0.136. The first-order chi connectivity index (χ1) is 13.0. The Morgan fingerprint density at radius 3 is 2.85 bits per heavy atom. The van der Waals surface area contributed by atoms with Gasteiger partial charge in [0.2, 0.25) is 11.8 Å². The zero-order chi connectivity index (χ0) is 19.0. The maximum atomic E-state index is 13.1. The van der Waals surface area contributed by atoms with Gasteiger partial charge in [0.15, 0.2) is 0 Å². The van der Waals surface area contributed by atoms with Crippen LogP contribution in [-0.4, -0.2) is 47.3 Å². The molecule has 0 bridgehead atoms. The highest BCUT2D eigenvalue weighted by atomic mass is 16.2. The van der Waals surface area contributed by atoms with E-state index in [0.29, 0.717) is 37.2 Å². The molecule has 0 aromatic heterocycles. The highest BCUT2D eigenvalue weighted by molar-refractivity contribution is 6.05. The Hall–Kier alpha value is -2.25. The normalized spacial score (nSPS) is 26.3. The van der Waals surface area contributed by atoms with Crippen LogP contribution in [0, 0.1) is 0 Å². The lowest BCUT2D eigenvalue weighted by Crippen LogP contribution is -2.52. The lowest BCUT2D eigenvalue weighted by atomic mass is 10.0. The van der Waals surface area contributed by atoms with E-state index in [0.717, 1.165) is 17.7 Å². The van der Waals surface area contributed by atoms with Gasteiger partial charge in [0, 0.05) is 37.2 Å². The summed E-state index contributed by atoms with van der Waals surface area (Å²) in [4.78, 5) is 38.3. The molecule has 3 heterocycles. The second-order valence-electron chi connectivity index (χ2n) is 7.72. The van der Waals surface area contributed by atoms with Gasteiger partial charge in [-0.15, -0.1) is 0 Å². The first kappa shape index (κ1) is 18.1. The second kappa shape index (κ2) is 7.40. The zero-order valence-electron chi connectivity index (χ0n) is 15.6. The Kier molecular flexibility index (Phi) is 4.97. The van der Waals surface area contributed by atoms with Gasteiger partial charge in [-0.05, 0) is 43.9 Å². The molecule has 2 fully saturated rings. The van der Waals surface area contributed by atoms with Crippen LogP contribution < -0.4 is 16.0 Å². The second-order valence-corrected chi connectivity index (χ2v) is 7.72. The van der Waals surface area contributed by atoms with Gasteiger partial charge in [-0.3, -0.25) is 19.7 Å². The maximum absolute atomic E-state index is 13.1. The van der Waals surface area contributed by atoms with Gasteiger partial charge in [-0.25, -0.2) is 0 Å². The summed E-state index contributed by atoms with van der Waals surface area (Å²) >= 11 is 0. The number of hydrogen-bond acceptors (Lipinski definition) is 5. The number of amides is 3. The molecule has 1 aromatic rings. The molecule has 3 aliphatic rings. The molecule has 7 heteroatoms. The number of fused-ring (bicyclic) bond motifs is 1. The third kappa shape index (κ3) is 3.49. The molecule has 2 saturated heterocycles. The van der Waals surface area contributed by atoms with Gasteiger partial charge in [0.1, 0.15) is 6.04 Å². The van der Waals surface area contributed by atoms with Crippen molar-refractivity contribution in [3.63, 3.8) is 0 Å². The molecule has 3 N–H and O–H groups in total. The van der Waals surface area contributed by atoms with Gasteiger partial charge >= 0.3 is 0 Å². The number of benzene rings is 1. The molecule has 4 rings (SSSR count). The lowest BCUT2D eigenvalue weighted by Gasteiger charge is -2.29. The predicted octanol–water partition coefficient (Wildman–Crippen LogP) is 0.678. The number of imide groups is 1. The van der Waals surface area contributed by atoms with Gasteiger partial charge in [-0.2, -0.15) is 0 Å². The van der Waals surface area contributed by atoms with E-state index in [-0.39, 0.29) is 24.1 Å². The number of carbonyl (C=O) groups excluding carboxylic acids is 3. The average molecular weight is 370 g/mol. The van der Waals surface area contributed by atoms with E-state index >= 15 is 0 Å². The van der Waals surface area contributed by atoms with Crippen LogP contribution in [0.3, 0.4) is 0 Å². The largest absolute Gasteiger partial charge is 0.322 e. The van der Waals surface area contributed by atoms with Crippen LogP contribution >= 0.6 is 0 Å². The van der Waals surface area contributed by atoms with Gasteiger partial charge in [-0.1, -0.05) is 18.2 Å². The van der Waals surface area contributed by atoms with Crippen molar-refractivity contribution >= 4 is 17.7 Å². The van der Waals surface area contributed by atoms with Crippen LogP contribution in [0.5, 0.6) is 0 Å². The highest BCUT2D eigenvalue weighted by Crippen LogP contribution is 2.30. The van der Waals surface area contributed by atoms with E-state index < -0.39 is 6.04 Å². The molecule has 0 radical (unpaired) electrons. The minimum Gasteiger partial charge on any atom is -0.322 e. The van der Waals surface area contributed by atoms with Crippen molar-refractivity contribution in [3.05, 3.63) is 34.9 Å². The fraction of sp³-hybridized carbons (Fsp3) is 0.550. The number of piperidine rings is 1. The molecule has 3 atom stereocenters. The topological polar surface area (TPSA) is 90.5 Å². The fourth-order valence-electron chi connectivity index (χ4n) is 4.39. The van der Waals surface area contributed by atoms with Crippen molar-refractivity contribution < 1.29 is 14.4 Å². The van der Waals surface area contributed by atoms with E-state index in [1.165, 1.54) is 12.8 Å². The molecule has 0 aliphatic carbocycles. The maximum Gasteiger partial charge on any atom is 0.255 e. The Morgan fingerprint density at radius 1 is 1.26 bits per heavy atom. The van der Waals surface area contributed by atoms with Crippen molar-refractivity contribution in [3.8, 4) is 0 Å². The van der Waals surface area contributed by atoms with Crippen molar-refractivity contribution in [2.45, 2.75) is 63.8 Å². The molecule has 27 heavy (non-hydrogen) atoms. The summed E-state index contributed by atoms with van der Waals surface area (Å²) in [7, 11) is 0. The summed E-state index contributed by atoms with van der Waals surface area (Å²) in [6.07, 6.45) is 3.04. The Bertz CT molecular complexity index is 772. The molecule has 3 aliphatic heterocycles. The van der Waals surface area contributed by atoms with Crippen LogP contribution in [0.4, 0.5) is 0 Å². The van der Waals surface area contributed by atoms with E-state index in [9.17, 15) is 14.4 Å². The molecule has 3 amide bonds. The summed E-state index contributed by atoms with van der Waals surface area (Å²) in [5.74, 6) is -0.739. The number of nitrogens with one attached hydrogen (secondary N) is 3. The Morgan fingerprint density at radius 2 is 2.11 bits per heavy atom. The van der Waals surface area contributed by atoms with Crippen LogP contribution in [0.2, 0.25) is 0 Å². The quantitative estimate of drug-likeness (QED) is 0.663. The zero-order valence-corrected chi connectivity index (χ0v) is 15.6. The van der Waals surface area contributed by atoms with Crippen molar-refractivity contribution in [1.29, 1.82) is 0 Å². The molecule has 0 spiro atoms. The van der Waals surface area contributed by atoms with E-state index in [4.69, 9.17) is 0 Å². The molecule has 1 unspecified atom stereocenters. The summed E-state index contributed by atoms with van der Waals surface area (Å²) in [6.45, 7) is 4.28. The van der Waals surface area contributed by atoms with Crippen molar-refractivity contribution in [1.82, 2.24) is 20.9 Å². The number of carbonyl (C=O) groups is 3. The molecule has 144 valence electrons. The summed E-state index contributed by atoms with van der Waals surface area (Å²) in [6, 6.07) is 6.13. The SMILES string of the molecule is C[C@H](NCc1cccc2c1C(=O)N(C1CCC(=O)NC1=O)C2)[C@@H]1CCCN1. The van der Waals surface area contributed by atoms with Crippen LogP contribution in [0.1, 0.15) is 54.1 Å². The number of hydrogen-bond donors (Lipinski definition) is 3. The summed E-state index contributed by atoms with van der Waals surface area (Å²) in [5.41, 5.74) is 2.63. The first-order valence-corrected chi connectivity index (χ1v) is 9.77. The molecule has 0 saturated carbocycles. The average Bonchev–Trinajstić information content (AvgIpc) is 3.29. The minimum absolute atomic E-state index is 0.108. The Labute approximate surface area is 158 Å². The van der Waals surface area contributed by atoms with Crippen LogP contribution in [-0.2, 0) is 22.7 Å². The predicted molar refractivity (Wildman–Crippen MR) is 99.8 cm³/mol. The smallest absolute Gasteiger partial charge is 0.255 e. The molecule has 7 nitrogen and oxygen atoms in total. The highest BCUT2D eigenvalue weighted by Gasteiger charge is 2.39. The molecule has 1 aromatic carbocycles. The van der Waals surface area contributed by atoms with Crippen LogP contribution in [0.25, 0.3) is 0 Å². The van der Waals surface area contributed by atoms with E-state index in [1.807, 2.05) is 18.2 Å². The molecular formula is C20H26N4O3.